The van der Waals surface area contributed by atoms with Gasteiger partial charge in [-0.25, -0.2) is 0 Å². The van der Waals surface area contributed by atoms with Gasteiger partial charge in [-0.15, -0.1) is 0 Å². The molecule has 2 rings (SSSR count). The van der Waals surface area contributed by atoms with E-state index < -0.39 is 11.8 Å². The Labute approximate surface area is 154 Å². The summed E-state index contributed by atoms with van der Waals surface area (Å²) in [6.45, 7) is 2.32. The van der Waals surface area contributed by atoms with Crippen molar-refractivity contribution in [2.45, 2.75) is 6.92 Å². The maximum absolute atomic E-state index is 12.4. The van der Waals surface area contributed by atoms with Gasteiger partial charge in [0.15, 0.2) is 16.6 Å². The van der Waals surface area contributed by atoms with Gasteiger partial charge in [-0.05, 0) is 58.8 Å². The fraction of sp³-hybridized carbons (Fsp3) is 0.312. The van der Waals surface area contributed by atoms with Gasteiger partial charge in [-0.2, -0.15) is 0 Å². The number of ether oxygens (including phenoxy) is 2. The van der Waals surface area contributed by atoms with E-state index in [1.807, 2.05) is 6.92 Å². The first kappa shape index (κ1) is 18.4. The molecule has 1 saturated heterocycles. The lowest BCUT2D eigenvalue weighted by Crippen LogP contribution is -2.52. The van der Waals surface area contributed by atoms with Crippen LogP contribution in [0.5, 0.6) is 11.5 Å². The largest absolute Gasteiger partial charge is 0.492 e. The first-order valence-electron chi connectivity index (χ1n) is 7.13. The molecule has 1 aromatic carbocycles. The Morgan fingerprint density at radius 2 is 1.79 bits per heavy atom. The van der Waals surface area contributed by atoms with Crippen LogP contribution < -0.4 is 9.47 Å². The van der Waals surface area contributed by atoms with Gasteiger partial charge in [0.05, 0.1) is 18.2 Å². The third-order valence-corrected chi connectivity index (χ3v) is 4.63. The van der Waals surface area contributed by atoms with Crippen LogP contribution in [0.1, 0.15) is 12.5 Å². The molecule has 0 bridgehead atoms. The molecule has 1 heterocycles. The molecule has 0 unspecified atom stereocenters. The van der Waals surface area contributed by atoms with Crippen molar-refractivity contribution in [3.05, 3.63) is 27.7 Å². The summed E-state index contributed by atoms with van der Waals surface area (Å²) in [7, 11) is 4.62. The quantitative estimate of drug-likeness (QED) is 0.431. The highest BCUT2D eigenvalue weighted by atomic mass is 79.9. The second kappa shape index (κ2) is 7.31. The van der Waals surface area contributed by atoms with Crippen molar-refractivity contribution in [3.8, 4) is 11.5 Å². The first-order valence-corrected chi connectivity index (χ1v) is 8.34. The van der Waals surface area contributed by atoms with Crippen molar-refractivity contribution in [1.82, 2.24) is 9.80 Å². The van der Waals surface area contributed by atoms with Crippen LogP contribution in [-0.2, 0) is 9.59 Å². The Morgan fingerprint density at radius 3 is 2.29 bits per heavy atom. The SMILES string of the molecule is CCOc1cc(C=C2C(=O)N(C)C(=S)N(C)C2=O)cc(Br)c1OC. The number of likely N-dealkylation sites (N-methyl/N-ethyl adjacent to an activating group) is 2. The van der Waals surface area contributed by atoms with Crippen molar-refractivity contribution in [2.24, 2.45) is 0 Å². The highest BCUT2D eigenvalue weighted by Gasteiger charge is 2.35. The van der Waals surface area contributed by atoms with E-state index in [1.165, 1.54) is 30.0 Å². The molecule has 1 aliphatic heterocycles. The average molecular weight is 413 g/mol. The smallest absolute Gasteiger partial charge is 0.265 e. The van der Waals surface area contributed by atoms with Crippen molar-refractivity contribution >= 4 is 51.2 Å². The Kier molecular flexibility index (Phi) is 5.61. The number of thiocarbonyl (C=S) groups is 1. The molecule has 0 spiro atoms. The minimum atomic E-state index is -0.437. The van der Waals surface area contributed by atoms with Gasteiger partial charge < -0.3 is 9.47 Å². The van der Waals surface area contributed by atoms with Gasteiger partial charge in [0, 0.05) is 14.1 Å². The number of amides is 2. The molecule has 0 atom stereocenters. The van der Waals surface area contributed by atoms with Gasteiger partial charge in [0.25, 0.3) is 11.8 Å². The monoisotopic (exact) mass is 412 g/mol. The molecule has 0 saturated carbocycles. The second-order valence-corrected chi connectivity index (χ2v) is 6.26. The van der Waals surface area contributed by atoms with E-state index in [4.69, 9.17) is 21.7 Å². The lowest BCUT2D eigenvalue weighted by Gasteiger charge is -2.31. The van der Waals surface area contributed by atoms with Crippen LogP contribution in [0.2, 0.25) is 0 Å². The van der Waals surface area contributed by atoms with Gasteiger partial charge in [-0.1, -0.05) is 0 Å². The highest BCUT2D eigenvalue weighted by Crippen LogP contribution is 2.37. The predicted molar refractivity (Wildman–Crippen MR) is 98.0 cm³/mol. The van der Waals surface area contributed by atoms with E-state index in [0.29, 0.717) is 28.1 Å². The van der Waals surface area contributed by atoms with Crippen LogP contribution in [-0.4, -0.2) is 54.5 Å². The number of halogens is 1. The summed E-state index contributed by atoms with van der Waals surface area (Å²) >= 11 is 8.48. The van der Waals surface area contributed by atoms with Crippen molar-refractivity contribution in [1.29, 1.82) is 0 Å². The molecule has 1 aliphatic rings. The van der Waals surface area contributed by atoms with E-state index >= 15 is 0 Å². The Balaban J connectivity index is 2.52. The number of methoxy groups -OCH3 is 1. The van der Waals surface area contributed by atoms with Gasteiger partial charge >= 0.3 is 0 Å². The van der Waals surface area contributed by atoms with Crippen LogP contribution in [0.3, 0.4) is 0 Å². The number of hydrogen-bond donors (Lipinski definition) is 0. The fourth-order valence-corrected chi connectivity index (χ4v) is 3.06. The maximum Gasteiger partial charge on any atom is 0.265 e. The molecule has 0 aromatic heterocycles. The van der Waals surface area contributed by atoms with Crippen LogP contribution in [0.4, 0.5) is 0 Å². The number of benzene rings is 1. The van der Waals surface area contributed by atoms with Crippen LogP contribution in [0.25, 0.3) is 6.08 Å². The summed E-state index contributed by atoms with van der Waals surface area (Å²) in [6.07, 6.45) is 1.52. The Morgan fingerprint density at radius 1 is 1.21 bits per heavy atom. The van der Waals surface area contributed by atoms with E-state index in [9.17, 15) is 9.59 Å². The molecule has 0 radical (unpaired) electrons. The Bertz CT molecular complexity index is 722. The van der Waals surface area contributed by atoms with Crippen molar-refractivity contribution in [3.63, 3.8) is 0 Å². The number of carbonyl (C=O) groups excluding carboxylic acids is 2. The van der Waals surface area contributed by atoms with Crippen molar-refractivity contribution < 1.29 is 19.1 Å². The van der Waals surface area contributed by atoms with Gasteiger partial charge in [0.1, 0.15) is 5.57 Å². The molecule has 2 amide bonds. The van der Waals surface area contributed by atoms with Crippen LogP contribution in [0.15, 0.2) is 22.2 Å². The number of hydrogen-bond acceptors (Lipinski definition) is 5. The molecule has 0 aliphatic carbocycles. The van der Waals surface area contributed by atoms with E-state index in [1.54, 1.807) is 19.2 Å². The van der Waals surface area contributed by atoms with E-state index in [2.05, 4.69) is 15.9 Å². The van der Waals surface area contributed by atoms with Crippen molar-refractivity contribution in [2.75, 3.05) is 27.8 Å². The molecule has 1 fully saturated rings. The summed E-state index contributed by atoms with van der Waals surface area (Å²) in [6, 6.07) is 3.47. The summed E-state index contributed by atoms with van der Waals surface area (Å²) in [5.41, 5.74) is 0.672. The molecule has 6 nitrogen and oxygen atoms in total. The molecule has 1 aromatic rings. The fourth-order valence-electron chi connectivity index (χ4n) is 2.27. The molecular weight excluding hydrogens is 396 g/mol. The minimum Gasteiger partial charge on any atom is -0.492 e. The normalized spacial score (nSPS) is 15.0. The summed E-state index contributed by atoms with van der Waals surface area (Å²) < 4.78 is 11.5. The number of nitrogens with zero attached hydrogens (tertiary/aromatic N) is 2. The molecule has 24 heavy (non-hydrogen) atoms. The van der Waals surface area contributed by atoms with Gasteiger partial charge in [0.2, 0.25) is 0 Å². The Hall–Kier alpha value is -1.93. The van der Waals surface area contributed by atoms with Gasteiger partial charge in [-0.3, -0.25) is 19.4 Å². The second-order valence-electron chi connectivity index (χ2n) is 5.04. The summed E-state index contributed by atoms with van der Waals surface area (Å²) in [4.78, 5) is 27.3. The van der Waals surface area contributed by atoms with E-state index in [-0.39, 0.29) is 10.7 Å². The predicted octanol–water partition coefficient (Wildman–Crippen LogP) is 2.46. The zero-order chi connectivity index (χ0) is 18.0. The third-order valence-electron chi connectivity index (χ3n) is 3.49. The lowest BCUT2D eigenvalue weighted by molar-refractivity contribution is -0.132. The standard InChI is InChI=1S/C16H17BrN2O4S/c1-5-23-12-8-9(7-11(17)13(12)22-4)6-10-14(20)18(2)16(24)19(3)15(10)21/h6-8H,5H2,1-4H3. The van der Waals surface area contributed by atoms with E-state index in [0.717, 1.165) is 0 Å². The third kappa shape index (κ3) is 3.29. The van der Waals surface area contributed by atoms with Crippen LogP contribution in [0, 0.1) is 0 Å². The zero-order valence-corrected chi connectivity index (χ0v) is 16.2. The van der Waals surface area contributed by atoms with Crippen LogP contribution >= 0.6 is 28.1 Å². The summed E-state index contributed by atoms with van der Waals surface area (Å²) in [5.74, 6) is 0.200. The molecule has 8 heteroatoms. The number of rotatable bonds is 4. The average Bonchev–Trinajstić information content (AvgIpc) is 2.55. The highest BCUT2D eigenvalue weighted by molar-refractivity contribution is 9.10. The first-order chi connectivity index (χ1) is 11.3. The molecule has 128 valence electrons. The summed E-state index contributed by atoms with van der Waals surface area (Å²) in [5, 5.41) is 0.174. The molecular formula is C16H17BrN2O4S. The number of carbonyl (C=O) groups is 2. The minimum absolute atomic E-state index is 0.0353. The maximum atomic E-state index is 12.4. The lowest BCUT2D eigenvalue weighted by atomic mass is 10.1. The topological polar surface area (TPSA) is 59.1 Å². The zero-order valence-electron chi connectivity index (χ0n) is 13.8. The molecule has 0 N–H and O–H groups in total.